The highest BCUT2D eigenvalue weighted by atomic mass is 32.2. The summed E-state index contributed by atoms with van der Waals surface area (Å²) in [7, 11) is -3.83. The van der Waals surface area contributed by atoms with Crippen molar-refractivity contribution < 1.29 is 18.0 Å². The maximum absolute atomic E-state index is 13.4. The van der Waals surface area contributed by atoms with Gasteiger partial charge in [-0.15, -0.1) is 0 Å². The topological polar surface area (TPSA) is 117 Å². The lowest BCUT2D eigenvalue weighted by Crippen LogP contribution is -2.22. The molecular weight excluding hydrogens is 572 g/mol. The number of carbonyl (C=O) groups is 2. The molecule has 2 amide bonds. The van der Waals surface area contributed by atoms with Crippen molar-refractivity contribution in [2.24, 2.45) is 4.99 Å². The highest BCUT2D eigenvalue weighted by Gasteiger charge is 2.36. The number of sulfonamides is 1. The maximum Gasteiger partial charge on any atom is 0.261 e. The average molecular weight is 601 g/mol. The van der Waals surface area contributed by atoms with Crippen LogP contribution in [0.3, 0.4) is 0 Å². The normalized spacial score (nSPS) is 14.4. The van der Waals surface area contributed by atoms with Gasteiger partial charge < -0.3 is 10.6 Å². The van der Waals surface area contributed by atoms with Gasteiger partial charge in [-0.2, -0.15) is 0 Å². The number of nitrogens with one attached hydrogen (secondary N) is 3. The number of hydrogen-bond acceptors (Lipinski definition) is 5. The third kappa shape index (κ3) is 6.28. The van der Waals surface area contributed by atoms with Gasteiger partial charge in [-0.3, -0.25) is 19.3 Å². The van der Waals surface area contributed by atoms with Crippen molar-refractivity contribution in [2.75, 3.05) is 10.0 Å². The molecule has 0 fully saturated rings. The molecule has 1 aliphatic rings. The Morgan fingerprint density at radius 3 is 2.07 bits per heavy atom. The molecule has 3 N–H and O–H groups in total. The Labute approximate surface area is 255 Å². The first kappa shape index (κ1) is 28.6. The smallest absolute Gasteiger partial charge is 0.261 e. The number of amides is 2. The van der Waals surface area contributed by atoms with Crippen LogP contribution in [0.15, 0.2) is 143 Å². The number of fused-ring (bicyclic) bond motifs is 1. The van der Waals surface area contributed by atoms with Crippen molar-refractivity contribution in [3.8, 4) is 0 Å². The third-order valence-electron chi connectivity index (χ3n) is 7.21. The van der Waals surface area contributed by atoms with E-state index in [0.717, 1.165) is 11.1 Å². The van der Waals surface area contributed by atoms with E-state index in [2.05, 4.69) is 15.4 Å². The first-order valence-electron chi connectivity index (χ1n) is 14.0. The Kier molecular flexibility index (Phi) is 8.03. The van der Waals surface area contributed by atoms with E-state index in [1.165, 1.54) is 12.1 Å². The fourth-order valence-corrected chi connectivity index (χ4v) is 6.09. The zero-order valence-corrected chi connectivity index (χ0v) is 24.3. The van der Waals surface area contributed by atoms with E-state index < -0.39 is 15.9 Å². The fraction of sp³-hybridized carbons (Fsp3) is 0.0571. The standard InChI is InChI=1S/C35H28N4O4S/c40-34(36-23-24-10-4-1-5-11-24)26-16-18-27(19-17-26)37-33(25-12-6-2-7-13-25)32-30-22-28(20-21-31(30)38-35(32)41)39-44(42,43)29-14-8-3-9-15-29/h1-22,32,39H,23H2,(H,36,40)(H,38,41). The van der Waals surface area contributed by atoms with Crippen LogP contribution in [-0.4, -0.2) is 25.9 Å². The van der Waals surface area contributed by atoms with Crippen molar-refractivity contribution in [1.29, 1.82) is 0 Å². The maximum atomic E-state index is 13.4. The molecule has 1 aliphatic heterocycles. The third-order valence-corrected chi connectivity index (χ3v) is 8.60. The van der Waals surface area contributed by atoms with Crippen LogP contribution in [0.5, 0.6) is 0 Å². The average Bonchev–Trinajstić information content (AvgIpc) is 3.38. The van der Waals surface area contributed by atoms with Crippen LogP contribution in [-0.2, 0) is 21.4 Å². The van der Waals surface area contributed by atoms with Gasteiger partial charge in [-0.25, -0.2) is 8.42 Å². The van der Waals surface area contributed by atoms with Crippen molar-refractivity contribution in [1.82, 2.24) is 5.32 Å². The van der Waals surface area contributed by atoms with Gasteiger partial charge in [-0.05, 0) is 71.3 Å². The number of anilines is 2. The molecule has 5 aromatic carbocycles. The van der Waals surface area contributed by atoms with E-state index >= 15 is 0 Å². The van der Waals surface area contributed by atoms with Gasteiger partial charge in [-0.1, -0.05) is 78.9 Å². The molecule has 1 atom stereocenters. The van der Waals surface area contributed by atoms with Crippen molar-refractivity contribution in [3.05, 3.63) is 156 Å². The first-order valence-corrected chi connectivity index (χ1v) is 15.4. The zero-order valence-electron chi connectivity index (χ0n) is 23.5. The number of rotatable bonds is 9. The summed E-state index contributed by atoms with van der Waals surface area (Å²) in [4.78, 5) is 31.2. The second-order valence-electron chi connectivity index (χ2n) is 10.2. The Bertz CT molecular complexity index is 1950. The predicted octanol–water partition coefficient (Wildman–Crippen LogP) is 6.27. The quantitative estimate of drug-likeness (QED) is 0.173. The molecule has 0 bridgehead atoms. The highest BCUT2D eigenvalue weighted by Crippen LogP contribution is 2.38. The number of benzene rings is 5. The van der Waals surface area contributed by atoms with Gasteiger partial charge in [0.15, 0.2) is 0 Å². The summed E-state index contributed by atoms with van der Waals surface area (Å²) in [5, 5.41) is 5.83. The van der Waals surface area contributed by atoms with Crippen molar-refractivity contribution in [2.45, 2.75) is 17.4 Å². The van der Waals surface area contributed by atoms with Gasteiger partial charge in [0.1, 0.15) is 5.92 Å². The Morgan fingerprint density at radius 1 is 0.750 bits per heavy atom. The van der Waals surface area contributed by atoms with Gasteiger partial charge in [0.05, 0.1) is 16.3 Å². The van der Waals surface area contributed by atoms with Gasteiger partial charge in [0.25, 0.3) is 15.9 Å². The van der Waals surface area contributed by atoms with Crippen molar-refractivity contribution >= 4 is 44.6 Å². The number of hydrogen-bond donors (Lipinski definition) is 3. The monoisotopic (exact) mass is 600 g/mol. The fourth-order valence-electron chi connectivity index (χ4n) is 5.02. The second-order valence-corrected chi connectivity index (χ2v) is 11.9. The lowest BCUT2D eigenvalue weighted by molar-refractivity contribution is -0.115. The Balaban J connectivity index is 1.30. The molecule has 6 rings (SSSR count). The molecule has 9 heteroatoms. The van der Waals surface area contributed by atoms with Crippen LogP contribution < -0.4 is 15.4 Å². The Hall–Kier alpha value is -5.54. The zero-order chi connectivity index (χ0) is 30.5. The molecule has 44 heavy (non-hydrogen) atoms. The van der Waals surface area contributed by atoms with Gasteiger partial charge >= 0.3 is 0 Å². The first-order chi connectivity index (χ1) is 21.4. The minimum absolute atomic E-state index is 0.134. The minimum atomic E-state index is -3.83. The van der Waals surface area contributed by atoms with Crippen LogP contribution in [0.1, 0.15) is 33.0 Å². The summed E-state index contributed by atoms with van der Waals surface area (Å²) in [5.41, 5.74) is 4.78. The summed E-state index contributed by atoms with van der Waals surface area (Å²) < 4.78 is 28.6. The molecule has 218 valence electrons. The molecule has 1 unspecified atom stereocenters. The Morgan fingerprint density at radius 2 is 1.39 bits per heavy atom. The summed E-state index contributed by atoms with van der Waals surface area (Å²) in [6.07, 6.45) is 0. The highest BCUT2D eigenvalue weighted by molar-refractivity contribution is 7.92. The molecule has 0 saturated carbocycles. The van der Waals surface area contributed by atoms with E-state index in [1.54, 1.807) is 60.7 Å². The second kappa shape index (κ2) is 12.4. The van der Waals surface area contributed by atoms with Crippen LogP contribution in [0.2, 0.25) is 0 Å². The molecule has 0 spiro atoms. The van der Waals surface area contributed by atoms with E-state index in [-0.39, 0.29) is 16.7 Å². The van der Waals surface area contributed by atoms with Crippen LogP contribution in [0.4, 0.5) is 17.1 Å². The van der Waals surface area contributed by atoms with E-state index in [0.29, 0.717) is 40.4 Å². The summed E-state index contributed by atoms with van der Waals surface area (Å²) in [6.45, 7) is 0.414. The lowest BCUT2D eigenvalue weighted by Gasteiger charge is -2.15. The van der Waals surface area contributed by atoms with E-state index in [4.69, 9.17) is 4.99 Å². The van der Waals surface area contributed by atoms with Crippen LogP contribution >= 0.6 is 0 Å². The molecule has 0 aromatic heterocycles. The molecular formula is C35H28N4O4S. The van der Waals surface area contributed by atoms with Crippen LogP contribution in [0, 0.1) is 0 Å². The van der Waals surface area contributed by atoms with Crippen LogP contribution in [0.25, 0.3) is 0 Å². The summed E-state index contributed by atoms with van der Waals surface area (Å²) in [5.74, 6) is -1.28. The summed E-state index contributed by atoms with van der Waals surface area (Å²) in [6, 6.07) is 38.9. The largest absolute Gasteiger partial charge is 0.348 e. The molecule has 8 nitrogen and oxygen atoms in total. The lowest BCUT2D eigenvalue weighted by atomic mass is 9.90. The van der Waals surface area contributed by atoms with Gasteiger partial charge in [0, 0.05) is 23.5 Å². The number of nitrogens with zero attached hydrogens (tertiary/aromatic N) is 1. The molecule has 0 saturated heterocycles. The number of aliphatic imine (C=N–C) groups is 1. The van der Waals surface area contributed by atoms with Gasteiger partial charge in [0.2, 0.25) is 5.91 Å². The molecule has 5 aromatic rings. The molecule has 1 heterocycles. The summed E-state index contributed by atoms with van der Waals surface area (Å²) >= 11 is 0. The predicted molar refractivity (Wildman–Crippen MR) is 172 cm³/mol. The molecule has 0 aliphatic carbocycles. The number of carbonyl (C=O) groups excluding carboxylic acids is 2. The van der Waals surface area contributed by atoms with E-state index in [9.17, 15) is 18.0 Å². The molecule has 0 radical (unpaired) electrons. The van der Waals surface area contributed by atoms with Crippen molar-refractivity contribution in [3.63, 3.8) is 0 Å². The minimum Gasteiger partial charge on any atom is -0.348 e. The SMILES string of the molecule is O=C(NCc1ccccc1)c1ccc(N=C(c2ccccc2)C2C(=O)Nc3ccc(NS(=O)(=O)c4ccccc4)cc32)cc1. The van der Waals surface area contributed by atoms with E-state index in [1.807, 2.05) is 60.7 Å².